The maximum atomic E-state index is 12.1. The first kappa shape index (κ1) is 18.8. The molecular formula is C19H20ClNO4. The number of ether oxygens (including phenoxy) is 1. The topological polar surface area (TPSA) is 75.6 Å². The predicted molar refractivity (Wildman–Crippen MR) is 95.9 cm³/mol. The summed E-state index contributed by atoms with van der Waals surface area (Å²) in [5, 5.41) is 12.4. The van der Waals surface area contributed by atoms with Crippen LogP contribution < -0.4 is 10.1 Å². The fourth-order valence-electron chi connectivity index (χ4n) is 2.42. The minimum atomic E-state index is -1.11. The van der Waals surface area contributed by atoms with Crippen LogP contribution in [-0.4, -0.2) is 24.1 Å². The molecule has 0 aliphatic rings. The van der Waals surface area contributed by atoms with Gasteiger partial charge in [0.2, 0.25) is 5.91 Å². The summed E-state index contributed by atoms with van der Waals surface area (Å²) in [6.07, 6.45) is 1.62. The highest BCUT2D eigenvalue weighted by Crippen LogP contribution is 2.18. The van der Waals surface area contributed by atoms with Crippen LogP contribution in [0.3, 0.4) is 0 Å². The summed E-state index contributed by atoms with van der Waals surface area (Å²) in [5.41, 5.74) is 1.58. The highest BCUT2D eigenvalue weighted by molar-refractivity contribution is 6.30. The van der Waals surface area contributed by atoms with Crippen molar-refractivity contribution in [2.75, 3.05) is 7.11 Å². The van der Waals surface area contributed by atoms with Crippen LogP contribution in [0.25, 0.3) is 0 Å². The van der Waals surface area contributed by atoms with Crippen molar-refractivity contribution in [2.24, 2.45) is 0 Å². The van der Waals surface area contributed by atoms with Gasteiger partial charge < -0.3 is 15.2 Å². The number of aliphatic carboxylic acids is 1. The molecule has 6 heteroatoms. The Balaban J connectivity index is 1.86. The molecule has 0 aromatic heterocycles. The lowest BCUT2D eigenvalue weighted by Gasteiger charge is -2.15. The van der Waals surface area contributed by atoms with Gasteiger partial charge in [0, 0.05) is 11.4 Å². The molecular weight excluding hydrogens is 342 g/mol. The summed E-state index contributed by atoms with van der Waals surface area (Å²) in [4.78, 5) is 23.5. The second-order valence-electron chi connectivity index (χ2n) is 5.59. The normalized spacial score (nSPS) is 11.6. The molecule has 1 atom stereocenters. The van der Waals surface area contributed by atoms with E-state index in [0.717, 1.165) is 17.7 Å². The van der Waals surface area contributed by atoms with Crippen LogP contribution in [0.5, 0.6) is 5.75 Å². The molecule has 0 heterocycles. The third kappa shape index (κ3) is 5.80. The number of methoxy groups -OCH3 is 1. The zero-order chi connectivity index (χ0) is 18.2. The zero-order valence-corrected chi connectivity index (χ0v) is 14.6. The van der Waals surface area contributed by atoms with Gasteiger partial charge in [-0.3, -0.25) is 4.79 Å². The Morgan fingerprint density at radius 2 is 1.76 bits per heavy atom. The molecule has 0 aliphatic carbocycles. The van der Waals surface area contributed by atoms with Crippen LogP contribution in [0, 0.1) is 0 Å². The van der Waals surface area contributed by atoms with Gasteiger partial charge in [0.25, 0.3) is 0 Å². The van der Waals surface area contributed by atoms with Crippen molar-refractivity contribution in [1.29, 1.82) is 0 Å². The Hall–Kier alpha value is -2.53. The van der Waals surface area contributed by atoms with Gasteiger partial charge in [0.1, 0.15) is 5.75 Å². The summed E-state index contributed by atoms with van der Waals surface area (Å²) >= 11 is 5.80. The highest BCUT2D eigenvalue weighted by atomic mass is 35.5. The van der Waals surface area contributed by atoms with E-state index >= 15 is 0 Å². The summed E-state index contributed by atoms with van der Waals surface area (Å²) < 4.78 is 5.10. The number of aryl methyl sites for hydroxylation is 1. The van der Waals surface area contributed by atoms with Gasteiger partial charge in [-0.25, -0.2) is 4.79 Å². The molecule has 2 rings (SSSR count). The first-order chi connectivity index (χ1) is 12.0. The maximum absolute atomic E-state index is 12.1. The Kier molecular flexibility index (Phi) is 6.83. The fraction of sp³-hybridized carbons (Fsp3) is 0.263. The van der Waals surface area contributed by atoms with Gasteiger partial charge in [-0.2, -0.15) is 0 Å². The molecule has 132 valence electrons. The second kappa shape index (κ2) is 9.08. The number of hydrogen-bond acceptors (Lipinski definition) is 3. The lowest BCUT2D eigenvalue weighted by atomic mass is 10.1. The molecule has 2 N–H and O–H groups in total. The van der Waals surface area contributed by atoms with E-state index in [1.165, 1.54) is 0 Å². The molecule has 0 saturated carbocycles. The number of carbonyl (C=O) groups is 2. The number of nitrogens with one attached hydrogen (secondary N) is 1. The van der Waals surface area contributed by atoms with Crippen LogP contribution in [0.1, 0.15) is 30.0 Å². The summed E-state index contributed by atoms with van der Waals surface area (Å²) in [5.74, 6) is -0.615. The zero-order valence-electron chi connectivity index (χ0n) is 13.9. The molecule has 0 bridgehead atoms. The van der Waals surface area contributed by atoms with Crippen LogP contribution in [0.2, 0.25) is 5.02 Å². The first-order valence-electron chi connectivity index (χ1n) is 7.90. The number of halogens is 1. The van der Waals surface area contributed by atoms with Gasteiger partial charge in [-0.05, 0) is 48.2 Å². The molecule has 0 radical (unpaired) electrons. The summed E-state index contributed by atoms with van der Waals surface area (Å²) in [7, 11) is 1.61. The number of amides is 1. The lowest BCUT2D eigenvalue weighted by molar-refractivity contribution is -0.142. The van der Waals surface area contributed by atoms with Crippen LogP contribution in [0.4, 0.5) is 0 Å². The van der Waals surface area contributed by atoms with E-state index in [1.807, 2.05) is 24.3 Å². The molecule has 0 saturated heterocycles. The standard InChI is InChI=1S/C19H20ClNO4/c1-25-16-11-5-13(6-12-16)3-2-4-17(22)21-18(19(23)24)14-7-9-15(20)10-8-14/h5-12,18H,2-4H2,1H3,(H,21,22)(H,23,24). The number of carbonyl (C=O) groups excluding carboxylic acids is 1. The summed E-state index contributed by atoms with van der Waals surface area (Å²) in [6, 6.07) is 13.0. The highest BCUT2D eigenvalue weighted by Gasteiger charge is 2.21. The van der Waals surface area contributed by atoms with E-state index in [2.05, 4.69) is 5.32 Å². The lowest BCUT2D eigenvalue weighted by Crippen LogP contribution is -2.33. The Morgan fingerprint density at radius 3 is 2.32 bits per heavy atom. The molecule has 5 nitrogen and oxygen atoms in total. The van der Waals surface area contributed by atoms with Crippen molar-refractivity contribution in [3.8, 4) is 5.75 Å². The van der Waals surface area contributed by atoms with Crippen LogP contribution >= 0.6 is 11.6 Å². The van der Waals surface area contributed by atoms with Gasteiger partial charge in [0.05, 0.1) is 7.11 Å². The van der Waals surface area contributed by atoms with Crippen molar-refractivity contribution < 1.29 is 19.4 Å². The minimum Gasteiger partial charge on any atom is -0.497 e. The Bertz CT molecular complexity index is 713. The van der Waals surface area contributed by atoms with Crippen LogP contribution in [0.15, 0.2) is 48.5 Å². The Morgan fingerprint density at radius 1 is 1.12 bits per heavy atom. The van der Waals surface area contributed by atoms with Crippen molar-refractivity contribution in [2.45, 2.75) is 25.3 Å². The number of carboxylic acids is 1. The van der Waals surface area contributed by atoms with E-state index in [0.29, 0.717) is 17.0 Å². The van der Waals surface area contributed by atoms with E-state index in [-0.39, 0.29) is 12.3 Å². The van der Waals surface area contributed by atoms with E-state index < -0.39 is 12.0 Å². The molecule has 1 unspecified atom stereocenters. The van der Waals surface area contributed by atoms with Crippen molar-refractivity contribution >= 4 is 23.5 Å². The largest absolute Gasteiger partial charge is 0.497 e. The van der Waals surface area contributed by atoms with E-state index in [1.54, 1.807) is 31.4 Å². The third-order valence-corrected chi connectivity index (χ3v) is 4.04. The van der Waals surface area contributed by atoms with Crippen molar-refractivity contribution in [3.05, 3.63) is 64.7 Å². The monoisotopic (exact) mass is 361 g/mol. The molecule has 2 aromatic rings. The molecule has 25 heavy (non-hydrogen) atoms. The van der Waals surface area contributed by atoms with Crippen molar-refractivity contribution in [1.82, 2.24) is 5.32 Å². The average Bonchev–Trinajstić information content (AvgIpc) is 2.61. The van der Waals surface area contributed by atoms with Gasteiger partial charge >= 0.3 is 5.97 Å². The van der Waals surface area contributed by atoms with Crippen LogP contribution in [-0.2, 0) is 16.0 Å². The maximum Gasteiger partial charge on any atom is 0.330 e. The molecule has 0 aliphatic heterocycles. The molecule has 2 aromatic carbocycles. The number of carboxylic acid groups (broad SMARTS) is 1. The van der Waals surface area contributed by atoms with Gasteiger partial charge in [-0.1, -0.05) is 35.9 Å². The predicted octanol–water partition coefficient (Wildman–Crippen LogP) is 3.61. The molecule has 0 fully saturated rings. The minimum absolute atomic E-state index is 0.253. The van der Waals surface area contributed by atoms with Crippen molar-refractivity contribution in [3.63, 3.8) is 0 Å². The smallest absolute Gasteiger partial charge is 0.330 e. The SMILES string of the molecule is COc1ccc(CCCC(=O)NC(C(=O)O)c2ccc(Cl)cc2)cc1. The van der Waals surface area contributed by atoms with E-state index in [9.17, 15) is 14.7 Å². The number of hydrogen-bond donors (Lipinski definition) is 2. The first-order valence-corrected chi connectivity index (χ1v) is 8.28. The van der Waals surface area contributed by atoms with Gasteiger partial charge in [-0.15, -0.1) is 0 Å². The summed E-state index contributed by atoms with van der Waals surface area (Å²) in [6.45, 7) is 0. The number of rotatable bonds is 8. The quantitative estimate of drug-likeness (QED) is 0.753. The molecule has 0 spiro atoms. The third-order valence-electron chi connectivity index (χ3n) is 3.78. The second-order valence-corrected chi connectivity index (χ2v) is 6.03. The average molecular weight is 362 g/mol. The fourth-order valence-corrected chi connectivity index (χ4v) is 2.55. The Labute approximate surface area is 151 Å². The number of benzene rings is 2. The molecule has 1 amide bonds. The van der Waals surface area contributed by atoms with Gasteiger partial charge in [0.15, 0.2) is 6.04 Å². The van der Waals surface area contributed by atoms with E-state index in [4.69, 9.17) is 16.3 Å².